The normalized spacial score (nSPS) is 45.2. The third-order valence-electron chi connectivity index (χ3n) is 11.2. The molecule has 0 saturated heterocycles. The van der Waals surface area contributed by atoms with Crippen molar-refractivity contribution in [2.45, 2.75) is 122 Å². The maximum Gasteiger partial charge on any atom is 0.306 e. The van der Waals surface area contributed by atoms with E-state index in [0.717, 1.165) is 63.7 Å². The smallest absolute Gasteiger partial charge is 0.306 e. The molecule has 182 valence electrons. The minimum atomic E-state index is -0.934. The highest BCUT2D eigenvalue weighted by molar-refractivity contribution is 5.69. The zero-order valence-corrected chi connectivity index (χ0v) is 20.9. The van der Waals surface area contributed by atoms with E-state index >= 15 is 0 Å². The molecule has 0 aliphatic heterocycles. The van der Waals surface area contributed by atoms with Crippen LogP contribution in [0.4, 0.5) is 0 Å². The van der Waals surface area contributed by atoms with Crippen molar-refractivity contribution in [3.8, 4) is 12.3 Å². The van der Waals surface area contributed by atoms with Crippen LogP contribution in [0.25, 0.3) is 0 Å². The lowest BCUT2D eigenvalue weighted by molar-refractivity contribution is -0.152. The van der Waals surface area contributed by atoms with Crippen LogP contribution in [0.1, 0.15) is 110 Å². The number of carbonyl (C=O) groups excluding carboxylic acids is 1. The summed E-state index contributed by atoms with van der Waals surface area (Å²) < 4.78 is 6.00. The van der Waals surface area contributed by atoms with Gasteiger partial charge in [0.05, 0.1) is 0 Å². The van der Waals surface area contributed by atoms with Crippen LogP contribution in [0, 0.1) is 46.8 Å². The number of hydrogen-bond acceptors (Lipinski definition) is 3. The zero-order chi connectivity index (χ0) is 23.3. The third kappa shape index (κ3) is 3.89. The Balaban J connectivity index is 1.22. The average Bonchev–Trinajstić information content (AvgIpc) is 3.10. The first-order valence-corrected chi connectivity index (χ1v) is 13.9. The topological polar surface area (TPSA) is 46.5 Å². The Bertz CT molecular complexity index is 832. The number of esters is 1. The number of carbonyl (C=O) groups is 1. The Morgan fingerprint density at radius 1 is 1.09 bits per heavy atom. The Labute approximate surface area is 201 Å². The van der Waals surface area contributed by atoms with Crippen LogP contribution in [0.3, 0.4) is 0 Å². The second kappa shape index (κ2) is 8.75. The van der Waals surface area contributed by atoms with Crippen molar-refractivity contribution in [2.24, 2.45) is 34.5 Å². The first-order valence-electron chi connectivity index (χ1n) is 13.9. The number of rotatable bonds is 4. The van der Waals surface area contributed by atoms with Gasteiger partial charge >= 0.3 is 5.97 Å². The van der Waals surface area contributed by atoms with E-state index in [-0.39, 0.29) is 22.9 Å². The first-order chi connectivity index (χ1) is 15.8. The molecule has 5 aliphatic rings. The van der Waals surface area contributed by atoms with Crippen LogP contribution in [-0.4, -0.2) is 22.8 Å². The highest BCUT2D eigenvalue weighted by Crippen LogP contribution is 2.67. The fourth-order valence-electron chi connectivity index (χ4n) is 9.02. The van der Waals surface area contributed by atoms with Gasteiger partial charge in [-0.25, -0.2) is 0 Å². The molecule has 0 heterocycles. The van der Waals surface area contributed by atoms with Crippen molar-refractivity contribution >= 4 is 5.97 Å². The lowest BCUT2D eigenvalue weighted by atomic mass is 9.47. The molecule has 5 aliphatic carbocycles. The number of fused-ring (bicyclic) bond motifs is 5. The summed E-state index contributed by atoms with van der Waals surface area (Å²) in [5.41, 5.74) is 0.674. The quantitative estimate of drug-likeness (QED) is 0.297. The van der Waals surface area contributed by atoms with Crippen molar-refractivity contribution in [3.05, 3.63) is 11.6 Å². The number of hydrogen-bond donors (Lipinski definition) is 1. The standard InChI is InChI=1S/C30H44O3/c1-4-30(32)19-16-26-24-12-11-22-20-23(33-27(31)13-10-21-8-6-5-7-9-21)14-17-28(22,2)25(24)15-18-29(26,30)3/h1,11,21,23-26,32H,5-10,12-20H2,2-3H3. The predicted octanol–water partition coefficient (Wildman–Crippen LogP) is 6.59. The van der Waals surface area contributed by atoms with Gasteiger partial charge in [-0.15, -0.1) is 6.42 Å². The molecule has 3 heteroatoms. The lowest BCUT2D eigenvalue weighted by Crippen LogP contribution is -2.54. The molecule has 0 aromatic carbocycles. The van der Waals surface area contributed by atoms with Crippen molar-refractivity contribution < 1.29 is 14.6 Å². The molecule has 0 bridgehead atoms. The second-order valence-electron chi connectivity index (χ2n) is 12.7. The maximum atomic E-state index is 12.6. The summed E-state index contributed by atoms with van der Waals surface area (Å²) in [5, 5.41) is 11.2. The van der Waals surface area contributed by atoms with Gasteiger partial charge in [0.2, 0.25) is 0 Å². The lowest BCUT2D eigenvalue weighted by Gasteiger charge is -2.58. The monoisotopic (exact) mass is 452 g/mol. The Morgan fingerprint density at radius 2 is 1.85 bits per heavy atom. The van der Waals surface area contributed by atoms with Crippen LogP contribution >= 0.6 is 0 Å². The first kappa shape index (κ1) is 23.5. The van der Waals surface area contributed by atoms with Crippen molar-refractivity contribution in [1.29, 1.82) is 0 Å². The minimum Gasteiger partial charge on any atom is -0.462 e. The average molecular weight is 453 g/mol. The number of terminal acetylenes is 1. The molecule has 7 atom stereocenters. The number of aliphatic hydroxyl groups is 1. The van der Waals surface area contributed by atoms with Crippen LogP contribution in [-0.2, 0) is 9.53 Å². The van der Waals surface area contributed by atoms with Crippen molar-refractivity contribution in [3.63, 3.8) is 0 Å². The highest BCUT2D eigenvalue weighted by atomic mass is 16.5. The third-order valence-corrected chi connectivity index (χ3v) is 11.2. The molecule has 0 radical (unpaired) electrons. The Hall–Kier alpha value is -1.27. The maximum absolute atomic E-state index is 12.6. The van der Waals surface area contributed by atoms with Gasteiger partial charge in [0, 0.05) is 18.3 Å². The van der Waals surface area contributed by atoms with E-state index in [4.69, 9.17) is 11.2 Å². The van der Waals surface area contributed by atoms with Crippen molar-refractivity contribution in [2.75, 3.05) is 0 Å². The van der Waals surface area contributed by atoms with E-state index in [9.17, 15) is 9.90 Å². The molecule has 0 amide bonds. The van der Waals surface area contributed by atoms with E-state index in [1.165, 1.54) is 37.7 Å². The van der Waals surface area contributed by atoms with Gasteiger partial charge in [0.1, 0.15) is 11.7 Å². The van der Waals surface area contributed by atoms with E-state index < -0.39 is 5.60 Å². The van der Waals surface area contributed by atoms with E-state index in [2.05, 4.69) is 25.8 Å². The molecule has 0 aromatic heterocycles. The van der Waals surface area contributed by atoms with Crippen LogP contribution in [0.5, 0.6) is 0 Å². The summed E-state index contributed by atoms with van der Waals surface area (Å²) in [7, 11) is 0. The van der Waals surface area contributed by atoms with Crippen LogP contribution in [0.2, 0.25) is 0 Å². The van der Waals surface area contributed by atoms with E-state index in [0.29, 0.717) is 24.2 Å². The number of allylic oxidation sites excluding steroid dienone is 1. The number of ether oxygens (including phenoxy) is 1. The van der Waals surface area contributed by atoms with Crippen LogP contribution in [0.15, 0.2) is 11.6 Å². The zero-order valence-electron chi connectivity index (χ0n) is 20.9. The molecule has 0 spiro atoms. The summed E-state index contributed by atoms with van der Waals surface area (Å²) in [6, 6.07) is 0. The highest BCUT2D eigenvalue weighted by Gasteiger charge is 2.63. The SMILES string of the molecule is C#CC1(O)CCC2C3CC=C4CC(OC(=O)CCC5CCCCC5)CCC4(C)C3CCC21C. The van der Waals surface area contributed by atoms with Gasteiger partial charge in [0.15, 0.2) is 0 Å². The molecule has 3 nitrogen and oxygen atoms in total. The predicted molar refractivity (Wildman–Crippen MR) is 131 cm³/mol. The van der Waals surface area contributed by atoms with Gasteiger partial charge < -0.3 is 9.84 Å². The van der Waals surface area contributed by atoms with E-state index in [1.54, 1.807) is 0 Å². The molecule has 33 heavy (non-hydrogen) atoms. The van der Waals surface area contributed by atoms with Crippen LogP contribution < -0.4 is 0 Å². The van der Waals surface area contributed by atoms with Crippen molar-refractivity contribution in [1.82, 2.24) is 0 Å². The largest absolute Gasteiger partial charge is 0.462 e. The second-order valence-corrected chi connectivity index (χ2v) is 12.7. The molecule has 0 aromatic rings. The van der Waals surface area contributed by atoms with Gasteiger partial charge in [-0.2, -0.15) is 0 Å². The van der Waals surface area contributed by atoms with Gasteiger partial charge in [0.25, 0.3) is 0 Å². The molecule has 4 saturated carbocycles. The summed E-state index contributed by atoms with van der Waals surface area (Å²) in [4.78, 5) is 12.6. The Morgan fingerprint density at radius 3 is 2.61 bits per heavy atom. The molecule has 4 fully saturated rings. The van der Waals surface area contributed by atoms with Gasteiger partial charge in [-0.1, -0.05) is 63.5 Å². The fraction of sp³-hybridized carbons (Fsp3) is 0.833. The minimum absolute atomic E-state index is 0.0245. The fourth-order valence-corrected chi connectivity index (χ4v) is 9.02. The molecule has 1 N–H and O–H groups in total. The van der Waals surface area contributed by atoms with Gasteiger partial charge in [-0.05, 0) is 80.5 Å². The summed E-state index contributed by atoms with van der Waals surface area (Å²) in [5.74, 6) is 5.35. The molecule has 5 rings (SSSR count). The molecular formula is C30H44O3. The molecular weight excluding hydrogens is 408 g/mol. The summed E-state index contributed by atoms with van der Waals surface area (Å²) in [6.07, 6.45) is 24.7. The summed E-state index contributed by atoms with van der Waals surface area (Å²) in [6.45, 7) is 4.73. The Kier molecular flexibility index (Phi) is 6.22. The summed E-state index contributed by atoms with van der Waals surface area (Å²) >= 11 is 0. The molecule has 7 unspecified atom stereocenters. The van der Waals surface area contributed by atoms with E-state index in [1.807, 2.05) is 0 Å². The van der Waals surface area contributed by atoms with Gasteiger partial charge in [-0.3, -0.25) is 4.79 Å².